The number of rotatable bonds is 6. The van der Waals surface area contributed by atoms with Crippen molar-refractivity contribution in [2.75, 3.05) is 25.6 Å². The highest BCUT2D eigenvalue weighted by Gasteiger charge is 2.19. The predicted molar refractivity (Wildman–Crippen MR) is 61.9 cm³/mol. The summed E-state index contributed by atoms with van der Waals surface area (Å²) in [7, 11) is 1.26. The van der Waals surface area contributed by atoms with Gasteiger partial charge in [0.05, 0.1) is 20.3 Å². The number of esters is 1. The largest absolute Gasteiger partial charge is 0.490 e. The standard InChI is InChI=1S/C11H16N2O4/c1-3-17-9-5-4-6-12-10(9)13-8(7-14)11(15)16-2/h4-6,8,14H,3,7H2,1-2H3,(H,12,13). The van der Waals surface area contributed by atoms with Gasteiger partial charge in [0, 0.05) is 6.20 Å². The molecule has 1 heterocycles. The van der Waals surface area contributed by atoms with Crippen molar-refractivity contribution < 1.29 is 19.4 Å². The fraction of sp³-hybridized carbons (Fsp3) is 0.455. The van der Waals surface area contributed by atoms with Crippen LogP contribution in [0.2, 0.25) is 0 Å². The topological polar surface area (TPSA) is 80.7 Å². The Morgan fingerprint density at radius 2 is 2.41 bits per heavy atom. The van der Waals surface area contributed by atoms with Crippen LogP contribution in [0.25, 0.3) is 0 Å². The van der Waals surface area contributed by atoms with Crippen LogP contribution in [-0.2, 0) is 9.53 Å². The average Bonchev–Trinajstić information content (AvgIpc) is 2.37. The van der Waals surface area contributed by atoms with Gasteiger partial charge < -0.3 is 19.9 Å². The fourth-order valence-corrected chi connectivity index (χ4v) is 1.26. The van der Waals surface area contributed by atoms with E-state index in [0.29, 0.717) is 18.2 Å². The van der Waals surface area contributed by atoms with Crippen molar-refractivity contribution in [3.8, 4) is 5.75 Å². The Kier molecular flexibility index (Phi) is 5.22. The summed E-state index contributed by atoms with van der Waals surface area (Å²) in [5.41, 5.74) is 0. The number of aliphatic hydroxyl groups is 1. The molecular weight excluding hydrogens is 224 g/mol. The molecule has 1 atom stereocenters. The number of nitrogens with zero attached hydrogens (tertiary/aromatic N) is 1. The molecule has 0 aliphatic carbocycles. The van der Waals surface area contributed by atoms with E-state index in [0.717, 1.165) is 0 Å². The average molecular weight is 240 g/mol. The number of ether oxygens (including phenoxy) is 2. The molecule has 0 bridgehead atoms. The number of pyridine rings is 1. The van der Waals surface area contributed by atoms with Gasteiger partial charge in [0.15, 0.2) is 11.6 Å². The number of aromatic nitrogens is 1. The van der Waals surface area contributed by atoms with Gasteiger partial charge in [-0.3, -0.25) is 0 Å². The second-order valence-corrected chi connectivity index (χ2v) is 3.19. The first-order valence-corrected chi connectivity index (χ1v) is 5.26. The molecule has 1 rings (SSSR count). The number of methoxy groups -OCH3 is 1. The Morgan fingerprint density at radius 3 is 3.00 bits per heavy atom. The summed E-state index contributed by atoms with van der Waals surface area (Å²) in [6.07, 6.45) is 1.57. The lowest BCUT2D eigenvalue weighted by Crippen LogP contribution is -2.34. The molecule has 0 saturated heterocycles. The number of carbonyl (C=O) groups is 1. The van der Waals surface area contributed by atoms with Crippen molar-refractivity contribution in [3.05, 3.63) is 18.3 Å². The Balaban J connectivity index is 2.81. The van der Waals surface area contributed by atoms with E-state index >= 15 is 0 Å². The maximum absolute atomic E-state index is 11.3. The minimum absolute atomic E-state index is 0.380. The van der Waals surface area contributed by atoms with Gasteiger partial charge in [-0.05, 0) is 19.1 Å². The van der Waals surface area contributed by atoms with Crippen molar-refractivity contribution in [2.45, 2.75) is 13.0 Å². The lowest BCUT2D eigenvalue weighted by atomic mass is 10.3. The SMILES string of the molecule is CCOc1cccnc1NC(CO)C(=O)OC. The van der Waals surface area contributed by atoms with Crippen molar-refractivity contribution in [3.63, 3.8) is 0 Å². The molecule has 94 valence electrons. The van der Waals surface area contributed by atoms with E-state index in [9.17, 15) is 4.79 Å². The summed E-state index contributed by atoms with van der Waals surface area (Å²) in [5.74, 6) is 0.372. The number of anilines is 1. The fourth-order valence-electron chi connectivity index (χ4n) is 1.26. The summed E-state index contributed by atoms with van der Waals surface area (Å²) >= 11 is 0. The number of hydrogen-bond acceptors (Lipinski definition) is 6. The van der Waals surface area contributed by atoms with Gasteiger partial charge in [-0.15, -0.1) is 0 Å². The third-order valence-electron chi connectivity index (χ3n) is 2.05. The summed E-state index contributed by atoms with van der Waals surface area (Å²) < 4.78 is 9.88. The third kappa shape index (κ3) is 3.60. The zero-order valence-corrected chi connectivity index (χ0v) is 9.84. The highest BCUT2D eigenvalue weighted by atomic mass is 16.5. The van der Waals surface area contributed by atoms with E-state index in [1.807, 2.05) is 6.92 Å². The first-order valence-electron chi connectivity index (χ1n) is 5.26. The molecule has 0 aliphatic rings. The smallest absolute Gasteiger partial charge is 0.330 e. The second-order valence-electron chi connectivity index (χ2n) is 3.19. The molecule has 0 aromatic carbocycles. The first kappa shape index (κ1) is 13.2. The summed E-state index contributed by atoms with van der Waals surface area (Å²) in [5, 5.41) is 11.8. The van der Waals surface area contributed by atoms with Crippen LogP contribution in [0, 0.1) is 0 Å². The quantitative estimate of drug-likeness (QED) is 0.702. The van der Waals surface area contributed by atoms with Gasteiger partial charge in [0.1, 0.15) is 6.04 Å². The molecule has 1 unspecified atom stereocenters. The number of hydrogen-bond donors (Lipinski definition) is 2. The van der Waals surface area contributed by atoms with E-state index in [-0.39, 0.29) is 6.61 Å². The minimum Gasteiger partial charge on any atom is -0.490 e. The van der Waals surface area contributed by atoms with Gasteiger partial charge in [0.2, 0.25) is 0 Å². The van der Waals surface area contributed by atoms with Crippen LogP contribution in [0.1, 0.15) is 6.92 Å². The normalized spacial score (nSPS) is 11.7. The number of carbonyl (C=O) groups excluding carboxylic acids is 1. The summed E-state index contributed by atoms with van der Waals surface area (Å²) in [6.45, 7) is 1.96. The van der Waals surface area contributed by atoms with Crippen molar-refractivity contribution in [1.82, 2.24) is 4.98 Å². The summed E-state index contributed by atoms with van der Waals surface area (Å²) in [6, 6.07) is 2.60. The number of aliphatic hydroxyl groups excluding tert-OH is 1. The Hall–Kier alpha value is -1.82. The predicted octanol–water partition coefficient (Wildman–Crippen LogP) is 0.426. The van der Waals surface area contributed by atoms with Gasteiger partial charge >= 0.3 is 5.97 Å². The molecule has 0 saturated carbocycles. The zero-order valence-electron chi connectivity index (χ0n) is 9.84. The third-order valence-corrected chi connectivity index (χ3v) is 2.05. The molecule has 0 radical (unpaired) electrons. The van der Waals surface area contributed by atoms with E-state index < -0.39 is 12.0 Å². The first-order chi connectivity index (χ1) is 8.22. The highest BCUT2D eigenvalue weighted by molar-refractivity contribution is 5.79. The van der Waals surface area contributed by atoms with Crippen LogP contribution in [0.5, 0.6) is 5.75 Å². The Labute approximate surface area is 99.6 Å². The van der Waals surface area contributed by atoms with Gasteiger partial charge in [0.25, 0.3) is 0 Å². The Bertz CT molecular complexity index is 370. The van der Waals surface area contributed by atoms with Crippen molar-refractivity contribution in [2.24, 2.45) is 0 Å². The van der Waals surface area contributed by atoms with Gasteiger partial charge in [-0.2, -0.15) is 0 Å². The molecule has 0 spiro atoms. The number of nitrogens with one attached hydrogen (secondary N) is 1. The zero-order chi connectivity index (χ0) is 12.7. The minimum atomic E-state index is -0.853. The van der Waals surface area contributed by atoms with E-state index in [4.69, 9.17) is 9.84 Å². The molecular formula is C11H16N2O4. The monoisotopic (exact) mass is 240 g/mol. The van der Waals surface area contributed by atoms with Crippen molar-refractivity contribution >= 4 is 11.8 Å². The molecule has 0 amide bonds. The highest BCUT2D eigenvalue weighted by Crippen LogP contribution is 2.21. The molecule has 2 N–H and O–H groups in total. The van der Waals surface area contributed by atoms with Crippen LogP contribution < -0.4 is 10.1 Å². The summed E-state index contributed by atoms with van der Waals surface area (Å²) in [4.78, 5) is 15.3. The van der Waals surface area contributed by atoms with Crippen LogP contribution in [0.4, 0.5) is 5.82 Å². The molecule has 0 aliphatic heterocycles. The lowest BCUT2D eigenvalue weighted by Gasteiger charge is -2.16. The maximum Gasteiger partial charge on any atom is 0.330 e. The molecule has 0 fully saturated rings. The van der Waals surface area contributed by atoms with E-state index in [1.54, 1.807) is 18.3 Å². The van der Waals surface area contributed by atoms with Crippen LogP contribution in [0.3, 0.4) is 0 Å². The van der Waals surface area contributed by atoms with Crippen LogP contribution in [0.15, 0.2) is 18.3 Å². The molecule has 1 aromatic rings. The molecule has 1 aromatic heterocycles. The molecule has 17 heavy (non-hydrogen) atoms. The van der Waals surface area contributed by atoms with Gasteiger partial charge in [-0.25, -0.2) is 9.78 Å². The van der Waals surface area contributed by atoms with Crippen molar-refractivity contribution in [1.29, 1.82) is 0 Å². The second kappa shape index (κ2) is 6.70. The van der Waals surface area contributed by atoms with Crippen LogP contribution in [-0.4, -0.2) is 42.4 Å². The van der Waals surface area contributed by atoms with E-state index in [2.05, 4.69) is 15.0 Å². The molecule has 6 nitrogen and oxygen atoms in total. The lowest BCUT2D eigenvalue weighted by molar-refractivity contribution is -0.142. The maximum atomic E-state index is 11.3. The molecule has 6 heteroatoms. The van der Waals surface area contributed by atoms with Crippen LogP contribution >= 0.6 is 0 Å². The Morgan fingerprint density at radius 1 is 1.65 bits per heavy atom. The van der Waals surface area contributed by atoms with Gasteiger partial charge in [-0.1, -0.05) is 0 Å². The van der Waals surface area contributed by atoms with E-state index in [1.165, 1.54) is 7.11 Å².